The maximum atomic E-state index is 4.90. The van der Waals surface area contributed by atoms with Crippen molar-refractivity contribution in [1.82, 2.24) is 9.97 Å². The second-order valence-corrected chi connectivity index (χ2v) is 6.15. The average Bonchev–Trinajstić information content (AvgIpc) is 2.68. The van der Waals surface area contributed by atoms with E-state index in [1.54, 1.807) is 0 Å². The first-order valence-corrected chi connectivity index (χ1v) is 8.35. The number of aryl methyl sites for hydroxylation is 1. The van der Waals surface area contributed by atoms with Crippen LogP contribution < -0.4 is 4.90 Å². The SMILES string of the molecule is Cc1ccc2nc(N(C)c3ccccc3)nc(-c3ccccc3)c2c1. The van der Waals surface area contributed by atoms with Gasteiger partial charge in [-0.15, -0.1) is 0 Å². The van der Waals surface area contributed by atoms with Gasteiger partial charge in [-0.25, -0.2) is 9.97 Å². The van der Waals surface area contributed by atoms with Crippen LogP contribution in [0.15, 0.2) is 78.9 Å². The van der Waals surface area contributed by atoms with Gasteiger partial charge < -0.3 is 4.90 Å². The summed E-state index contributed by atoms with van der Waals surface area (Å²) in [4.78, 5) is 11.7. The summed E-state index contributed by atoms with van der Waals surface area (Å²) in [5.74, 6) is 0.696. The summed E-state index contributed by atoms with van der Waals surface area (Å²) in [6.45, 7) is 2.10. The topological polar surface area (TPSA) is 29.0 Å². The number of para-hydroxylation sites is 1. The molecule has 3 aromatic carbocycles. The zero-order chi connectivity index (χ0) is 17.2. The van der Waals surface area contributed by atoms with Gasteiger partial charge in [0.25, 0.3) is 0 Å². The summed E-state index contributed by atoms with van der Waals surface area (Å²) in [6, 6.07) is 26.8. The molecule has 122 valence electrons. The van der Waals surface area contributed by atoms with Gasteiger partial charge in [0, 0.05) is 23.7 Å². The average molecular weight is 325 g/mol. The van der Waals surface area contributed by atoms with E-state index in [9.17, 15) is 0 Å². The van der Waals surface area contributed by atoms with E-state index in [-0.39, 0.29) is 0 Å². The molecule has 25 heavy (non-hydrogen) atoms. The molecule has 0 saturated heterocycles. The van der Waals surface area contributed by atoms with E-state index in [0.717, 1.165) is 27.8 Å². The Balaban J connectivity index is 1.94. The largest absolute Gasteiger partial charge is 0.314 e. The van der Waals surface area contributed by atoms with Crippen molar-refractivity contribution in [2.24, 2.45) is 0 Å². The van der Waals surface area contributed by atoms with Gasteiger partial charge in [-0.05, 0) is 31.2 Å². The van der Waals surface area contributed by atoms with E-state index in [1.165, 1.54) is 5.56 Å². The highest BCUT2D eigenvalue weighted by Crippen LogP contribution is 2.30. The second-order valence-electron chi connectivity index (χ2n) is 6.15. The predicted octanol–water partition coefficient (Wildman–Crippen LogP) is 5.37. The van der Waals surface area contributed by atoms with Crippen LogP contribution in [-0.2, 0) is 0 Å². The standard InChI is InChI=1S/C22H19N3/c1-16-13-14-20-19(15-16)21(17-9-5-3-6-10-17)24-22(23-20)25(2)18-11-7-4-8-12-18/h3-15H,1-2H3. The van der Waals surface area contributed by atoms with Crippen LogP contribution in [0.25, 0.3) is 22.2 Å². The Hall–Kier alpha value is -3.20. The molecule has 3 nitrogen and oxygen atoms in total. The van der Waals surface area contributed by atoms with Crippen LogP contribution in [0.2, 0.25) is 0 Å². The number of benzene rings is 3. The maximum Gasteiger partial charge on any atom is 0.230 e. The van der Waals surface area contributed by atoms with E-state index in [1.807, 2.05) is 48.3 Å². The Bertz CT molecular complexity index is 1010. The Morgan fingerprint density at radius 3 is 2.16 bits per heavy atom. The molecule has 0 spiro atoms. The Morgan fingerprint density at radius 1 is 0.760 bits per heavy atom. The van der Waals surface area contributed by atoms with Gasteiger partial charge in [-0.2, -0.15) is 0 Å². The van der Waals surface area contributed by atoms with Gasteiger partial charge >= 0.3 is 0 Å². The molecule has 0 fully saturated rings. The third-order valence-electron chi connectivity index (χ3n) is 4.33. The second kappa shape index (κ2) is 6.36. The fourth-order valence-electron chi connectivity index (χ4n) is 2.96. The molecule has 0 amide bonds. The molecule has 0 aliphatic carbocycles. The van der Waals surface area contributed by atoms with Crippen LogP contribution in [0.4, 0.5) is 11.6 Å². The van der Waals surface area contributed by atoms with Crippen molar-refractivity contribution in [2.45, 2.75) is 6.92 Å². The van der Waals surface area contributed by atoms with Crippen LogP contribution >= 0.6 is 0 Å². The molecular formula is C22H19N3. The number of nitrogens with zero attached hydrogens (tertiary/aromatic N) is 3. The molecule has 4 aromatic rings. The summed E-state index contributed by atoms with van der Waals surface area (Å²) in [6.07, 6.45) is 0. The van der Waals surface area contributed by atoms with E-state index in [0.29, 0.717) is 5.95 Å². The van der Waals surface area contributed by atoms with Crippen molar-refractivity contribution < 1.29 is 0 Å². The van der Waals surface area contributed by atoms with Gasteiger partial charge in [0.2, 0.25) is 5.95 Å². The van der Waals surface area contributed by atoms with Gasteiger partial charge in [-0.1, -0.05) is 60.2 Å². The lowest BCUT2D eigenvalue weighted by Crippen LogP contribution is -2.13. The predicted molar refractivity (Wildman–Crippen MR) is 104 cm³/mol. The molecule has 4 rings (SSSR count). The van der Waals surface area contributed by atoms with Crippen molar-refractivity contribution in [1.29, 1.82) is 0 Å². The summed E-state index contributed by atoms with van der Waals surface area (Å²) in [7, 11) is 2.00. The molecular weight excluding hydrogens is 306 g/mol. The maximum absolute atomic E-state index is 4.90. The van der Waals surface area contributed by atoms with Crippen molar-refractivity contribution in [2.75, 3.05) is 11.9 Å². The van der Waals surface area contributed by atoms with Gasteiger partial charge in [0.15, 0.2) is 0 Å². The van der Waals surface area contributed by atoms with E-state index < -0.39 is 0 Å². The Labute approximate surface area is 147 Å². The van der Waals surface area contributed by atoms with Crippen LogP contribution in [0.1, 0.15) is 5.56 Å². The third kappa shape index (κ3) is 2.96. The number of aromatic nitrogens is 2. The summed E-state index contributed by atoms with van der Waals surface area (Å²) < 4.78 is 0. The van der Waals surface area contributed by atoms with Crippen LogP contribution in [0.5, 0.6) is 0 Å². The van der Waals surface area contributed by atoms with Crippen LogP contribution in [-0.4, -0.2) is 17.0 Å². The molecule has 0 radical (unpaired) electrons. The molecule has 0 atom stereocenters. The molecule has 0 N–H and O–H groups in total. The number of rotatable bonds is 3. The number of anilines is 2. The first-order chi connectivity index (χ1) is 12.2. The minimum atomic E-state index is 0.696. The monoisotopic (exact) mass is 325 g/mol. The molecule has 0 aliphatic rings. The highest BCUT2D eigenvalue weighted by Gasteiger charge is 2.13. The fourth-order valence-corrected chi connectivity index (χ4v) is 2.96. The van der Waals surface area contributed by atoms with E-state index >= 15 is 0 Å². The smallest absolute Gasteiger partial charge is 0.230 e. The third-order valence-corrected chi connectivity index (χ3v) is 4.33. The van der Waals surface area contributed by atoms with E-state index in [4.69, 9.17) is 9.97 Å². The van der Waals surface area contributed by atoms with Crippen molar-refractivity contribution in [3.8, 4) is 11.3 Å². The molecule has 0 unspecified atom stereocenters. The summed E-state index contributed by atoms with van der Waals surface area (Å²) in [5.41, 5.74) is 5.29. The quantitative estimate of drug-likeness (QED) is 0.507. The Morgan fingerprint density at radius 2 is 1.44 bits per heavy atom. The first kappa shape index (κ1) is 15.3. The number of fused-ring (bicyclic) bond motifs is 1. The molecule has 0 bridgehead atoms. The fraction of sp³-hybridized carbons (Fsp3) is 0.0909. The van der Waals surface area contributed by atoms with Crippen LogP contribution in [0.3, 0.4) is 0 Å². The van der Waals surface area contributed by atoms with Crippen molar-refractivity contribution in [3.63, 3.8) is 0 Å². The lowest BCUT2D eigenvalue weighted by atomic mass is 10.0. The molecule has 3 heteroatoms. The highest BCUT2D eigenvalue weighted by atomic mass is 15.2. The first-order valence-electron chi connectivity index (χ1n) is 8.35. The number of hydrogen-bond acceptors (Lipinski definition) is 3. The summed E-state index contributed by atoms with van der Waals surface area (Å²) in [5, 5.41) is 1.08. The zero-order valence-electron chi connectivity index (χ0n) is 14.3. The summed E-state index contributed by atoms with van der Waals surface area (Å²) >= 11 is 0. The minimum absolute atomic E-state index is 0.696. The van der Waals surface area contributed by atoms with Gasteiger partial charge in [-0.3, -0.25) is 0 Å². The van der Waals surface area contributed by atoms with Crippen LogP contribution in [0, 0.1) is 6.92 Å². The van der Waals surface area contributed by atoms with Crippen molar-refractivity contribution >= 4 is 22.5 Å². The van der Waals surface area contributed by atoms with Crippen molar-refractivity contribution in [3.05, 3.63) is 84.4 Å². The molecule has 0 aliphatic heterocycles. The lowest BCUT2D eigenvalue weighted by Gasteiger charge is -2.19. The normalized spacial score (nSPS) is 10.8. The van der Waals surface area contributed by atoms with Gasteiger partial charge in [0.05, 0.1) is 11.2 Å². The molecule has 1 aromatic heterocycles. The number of hydrogen-bond donors (Lipinski definition) is 0. The zero-order valence-corrected chi connectivity index (χ0v) is 14.3. The van der Waals surface area contributed by atoms with Gasteiger partial charge in [0.1, 0.15) is 0 Å². The highest BCUT2D eigenvalue weighted by molar-refractivity contribution is 5.93. The Kier molecular flexibility index (Phi) is 3.90. The molecule has 1 heterocycles. The molecule has 0 saturated carbocycles. The lowest BCUT2D eigenvalue weighted by molar-refractivity contribution is 1.07. The van der Waals surface area contributed by atoms with E-state index in [2.05, 4.69) is 49.4 Å². The minimum Gasteiger partial charge on any atom is -0.314 e.